The lowest BCUT2D eigenvalue weighted by Gasteiger charge is -2.24. The van der Waals surface area contributed by atoms with Crippen LogP contribution in [-0.2, 0) is 11.2 Å². The molecule has 18 heavy (non-hydrogen) atoms. The molecule has 96 valence electrons. The van der Waals surface area contributed by atoms with Gasteiger partial charge in [-0.15, -0.1) is 0 Å². The van der Waals surface area contributed by atoms with Gasteiger partial charge in [0, 0.05) is 0 Å². The van der Waals surface area contributed by atoms with E-state index in [1.165, 1.54) is 0 Å². The molecule has 1 amide bonds. The highest BCUT2D eigenvalue weighted by Gasteiger charge is 2.27. The Balaban J connectivity index is 2.70. The van der Waals surface area contributed by atoms with Crippen molar-refractivity contribution in [3.05, 3.63) is 29.8 Å². The number of rotatable bonds is 5. The van der Waals surface area contributed by atoms with Crippen molar-refractivity contribution < 1.29 is 9.90 Å². The number of phenolic OH excluding ortho intramolecular Hbond substituents is 1. The molecule has 0 aliphatic rings. The van der Waals surface area contributed by atoms with E-state index in [1.807, 2.05) is 13.8 Å². The number of hydrogen-bond acceptors (Lipinski definition) is 3. The fourth-order valence-electron chi connectivity index (χ4n) is 1.78. The largest absolute Gasteiger partial charge is 0.508 e. The van der Waals surface area contributed by atoms with Crippen LogP contribution in [0.5, 0.6) is 5.75 Å². The maximum Gasteiger partial charge on any atom is 0.225 e. The summed E-state index contributed by atoms with van der Waals surface area (Å²) in [6.07, 6.45) is 1.31. The Bertz CT molecular complexity index is 459. The molecule has 0 unspecified atom stereocenters. The molecule has 0 fully saturated rings. The molecular formula is C14H18N2O2. The van der Waals surface area contributed by atoms with Crippen molar-refractivity contribution in [2.45, 2.75) is 38.6 Å². The first-order chi connectivity index (χ1) is 8.55. The van der Waals surface area contributed by atoms with Gasteiger partial charge < -0.3 is 10.4 Å². The first-order valence-corrected chi connectivity index (χ1v) is 6.05. The predicted octanol–water partition coefficient (Wildman–Crippen LogP) is 2.13. The fraction of sp³-hybridized carbons (Fsp3) is 0.429. The van der Waals surface area contributed by atoms with Crippen molar-refractivity contribution in [3.63, 3.8) is 0 Å². The molecule has 1 rings (SSSR count). The van der Waals surface area contributed by atoms with Crippen molar-refractivity contribution in [3.8, 4) is 11.8 Å². The van der Waals surface area contributed by atoms with Gasteiger partial charge in [-0.1, -0.05) is 26.0 Å². The van der Waals surface area contributed by atoms with Crippen LogP contribution in [0.3, 0.4) is 0 Å². The Kier molecular flexibility index (Phi) is 4.73. The van der Waals surface area contributed by atoms with Crippen LogP contribution < -0.4 is 5.32 Å². The number of hydrogen-bond donors (Lipinski definition) is 2. The van der Waals surface area contributed by atoms with Crippen molar-refractivity contribution in [1.29, 1.82) is 5.26 Å². The molecule has 0 saturated carbocycles. The van der Waals surface area contributed by atoms with Gasteiger partial charge >= 0.3 is 0 Å². The lowest BCUT2D eigenvalue weighted by molar-refractivity contribution is -0.121. The van der Waals surface area contributed by atoms with Crippen LogP contribution in [-0.4, -0.2) is 16.6 Å². The Morgan fingerprint density at radius 1 is 1.44 bits per heavy atom. The monoisotopic (exact) mass is 246 g/mol. The third-order valence-electron chi connectivity index (χ3n) is 3.08. The summed E-state index contributed by atoms with van der Waals surface area (Å²) in [7, 11) is 0. The molecule has 4 heteroatoms. The quantitative estimate of drug-likeness (QED) is 0.836. The number of aromatic hydroxyl groups is 1. The van der Waals surface area contributed by atoms with Crippen LogP contribution in [0.15, 0.2) is 24.3 Å². The molecule has 1 aromatic carbocycles. The van der Waals surface area contributed by atoms with Crippen LogP contribution >= 0.6 is 0 Å². The number of nitriles is 1. The van der Waals surface area contributed by atoms with Crippen LogP contribution in [0.1, 0.15) is 32.3 Å². The second kappa shape index (κ2) is 6.06. The van der Waals surface area contributed by atoms with E-state index in [4.69, 9.17) is 5.26 Å². The van der Waals surface area contributed by atoms with Crippen molar-refractivity contribution >= 4 is 5.91 Å². The maximum absolute atomic E-state index is 11.9. The first kappa shape index (κ1) is 14.0. The van der Waals surface area contributed by atoms with Gasteiger partial charge in [0.05, 0.1) is 12.5 Å². The minimum atomic E-state index is -0.784. The molecule has 0 radical (unpaired) electrons. The topological polar surface area (TPSA) is 73.1 Å². The summed E-state index contributed by atoms with van der Waals surface area (Å²) in [6.45, 7) is 3.75. The predicted molar refractivity (Wildman–Crippen MR) is 68.9 cm³/mol. The zero-order valence-electron chi connectivity index (χ0n) is 10.7. The zero-order valence-corrected chi connectivity index (χ0v) is 10.7. The highest BCUT2D eigenvalue weighted by atomic mass is 16.3. The molecular weight excluding hydrogens is 228 g/mol. The van der Waals surface area contributed by atoms with Gasteiger partial charge in [0.1, 0.15) is 11.3 Å². The number of carbonyl (C=O) groups excluding carboxylic acids is 1. The summed E-state index contributed by atoms with van der Waals surface area (Å²) < 4.78 is 0. The molecule has 0 atom stereocenters. The van der Waals surface area contributed by atoms with Crippen LogP contribution in [0, 0.1) is 11.3 Å². The van der Waals surface area contributed by atoms with Crippen molar-refractivity contribution in [2.75, 3.05) is 0 Å². The summed E-state index contributed by atoms with van der Waals surface area (Å²) >= 11 is 0. The van der Waals surface area contributed by atoms with Gasteiger partial charge in [-0.25, -0.2) is 0 Å². The molecule has 0 spiro atoms. The lowest BCUT2D eigenvalue weighted by atomic mass is 9.94. The number of nitrogens with one attached hydrogen (secondary N) is 1. The van der Waals surface area contributed by atoms with E-state index in [1.54, 1.807) is 24.3 Å². The Labute approximate surface area is 107 Å². The average Bonchev–Trinajstić information content (AvgIpc) is 2.36. The lowest BCUT2D eigenvalue weighted by Crippen LogP contribution is -2.47. The van der Waals surface area contributed by atoms with Gasteiger partial charge in [0.25, 0.3) is 0 Å². The van der Waals surface area contributed by atoms with E-state index in [0.717, 1.165) is 5.56 Å². The Morgan fingerprint density at radius 2 is 2.11 bits per heavy atom. The standard InChI is InChI=1S/C14H18N2O2/c1-3-14(4-2,10-15)16-13(18)9-11-6-5-7-12(17)8-11/h5-8,17H,3-4,9H2,1-2H3,(H,16,18). The summed E-state index contributed by atoms with van der Waals surface area (Å²) in [5, 5.41) is 21.2. The zero-order chi connectivity index (χ0) is 13.6. The van der Waals surface area contributed by atoms with E-state index < -0.39 is 5.54 Å². The number of benzene rings is 1. The van der Waals surface area contributed by atoms with E-state index >= 15 is 0 Å². The van der Waals surface area contributed by atoms with Gasteiger partial charge in [-0.2, -0.15) is 5.26 Å². The second-order valence-electron chi connectivity index (χ2n) is 4.30. The Morgan fingerprint density at radius 3 is 2.61 bits per heavy atom. The van der Waals surface area contributed by atoms with Crippen LogP contribution in [0.2, 0.25) is 0 Å². The fourth-order valence-corrected chi connectivity index (χ4v) is 1.78. The van der Waals surface area contributed by atoms with Crippen molar-refractivity contribution in [2.24, 2.45) is 0 Å². The normalized spacial score (nSPS) is 10.7. The minimum absolute atomic E-state index is 0.137. The summed E-state index contributed by atoms with van der Waals surface area (Å²) in [4.78, 5) is 11.9. The van der Waals surface area contributed by atoms with E-state index in [-0.39, 0.29) is 18.1 Å². The molecule has 2 N–H and O–H groups in total. The SMILES string of the molecule is CCC(C#N)(CC)NC(=O)Cc1cccc(O)c1. The molecule has 0 heterocycles. The van der Waals surface area contributed by atoms with Gasteiger partial charge in [0.15, 0.2) is 0 Å². The highest BCUT2D eigenvalue weighted by molar-refractivity contribution is 5.79. The van der Waals surface area contributed by atoms with E-state index in [9.17, 15) is 9.90 Å². The second-order valence-corrected chi connectivity index (χ2v) is 4.30. The van der Waals surface area contributed by atoms with E-state index in [0.29, 0.717) is 12.8 Å². The molecule has 1 aromatic rings. The molecule has 0 saturated heterocycles. The number of phenols is 1. The third kappa shape index (κ3) is 3.49. The summed E-state index contributed by atoms with van der Waals surface area (Å²) in [5.41, 5.74) is -0.0555. The molecule has 4 nitrogen and oxygen atoms in total. The Hall–Kier alpha value is -2.02. The van der Waals surface area contributed by atoms with E-state index in [2.05, 4.69) is 11.4 Å². The smallest absolute Gasteiger partial charge is 0.225 e. The summed E-state index contributed by atoms with van der Waals surface area (Å²) in [6, 6.07) is 8.72. The minimum Gasteiger partial charge on any atom is -0.508 e. The number of amides is 1. The van der Waals surface area contributed by atoms with Gasteiger partial charge in [-0.3, -0.25) is 4.79 Å². The summed E-state index contributed by atoms with van der Waals surface area (Å²) in [5.74, 6) is -0.0660. The molecule has 0 aliphatic heterocycles. The molecule has 0 aliphatic carbocycles. The number of carbonyl (C=O) groups is 1. The average molecular weight is 246 g/mol. The van der Waals surface area contributed by atoms with Crippen molar-refractivity contribution in [1.82, 2.24) is 5.32 Å². The van der Waals surface area contributed by atoms with Gasteiger partial charge in [-0.05, 0) is 30.5 Å². The van der Waals surface area contributed by atoms with Crippen LogP contribution in [0.4, 0.5) is 0 Å². The first-order valence-electron chi connectivity index (χ1n) is 6.05. The maximum atomic E-state index is 11.9. The van der Waals surface area contributed by atoms with Crippen LogP contribution in [0.25, 0.3) is 0 Å². The number of nitrogens with zero attached hydrogens (tertiary/aromatic N) is 1. The third-order valence-corrected chi connectivity index (χ3v) is 3.08. The van der Waals surface area contributed by atoms with Gasteiger partial charge in [0.2, 0.25) is 5.91 Å². The molecule has 0 aromatic heterocycles. The molecule has 0 bridgehead atoms. The highest BCUT2D eigenvalue weighted by Crippen LogP contribution is 2.15.